The zero-order valence-corrected chi connectivity index (χ0v) is 9.76. The standard InChI is InChI=1S/C10H11N3O5/c1-3-18-10(16)5-4-11-13-7(5)12-8(14)6(17-2)9(13)15/h4,15H,3H2,1-2H3,(H,12,14). The predicted octanol–water partition coefficient (Wildman–Crippen LogP) is -0.0865. The molecule has 18 heavy (non-hydrogen) atoms. The number of carbonyl (C=O) groups excluding carboxylic acids is 1. The summed E-state index contributed by atoms with van der Waals surface area (Å²) >= 11 is 0. The first-order valence-corrected chi connectivity index (χ1v) is 5.14. The van der Waals surface area contributed by atoms with Gasteiger partial charge in [-0.1, -0.05) is 0 Å². The normalized spacial score (nSPS) is 10.6. The lowest BCUT2D eigenvalue weighted by molar-refractivity contribution is 0.0528. The van der Waals surface area contributed by atoms with Crippen LogP contribution in [0.3, 0.4) is 0 Å². The molecule has 8 heteroatoms. The van der Waals surface area contributed by atoms with Crippen LogP contribution >= 0.6 is 0 Å². The number of hydrogen-bond donors (Lipinski definition) is 2. The zero-order chi connectivity index (χ0) is 13.3. The smallest absolute Gasteiger partial charge is 0.343 e. The summed E-state index contributed by atoms with van der Waals surface area (Å²) in [6, 6.07) is 0. The van der Waals surface area contributed by atoms with Gasteiger partial charge in [-0.05, 0) is 6.92 Å². The number of ether oxygens (including phenoxy) is 2. The maximum atomic E-state index is 11.6. The van der Waals surface area contributed by atoms with Crippen LogP contribution in [0.2, 0.25) is 0 Å². The van der Waals surface area contributed by atoms with E-state index in [2.05, 4.69) is 10.1 Å². The Labute approximate surface area is 101 Å². The second-order valence-electron chi connectivity index (χ2n) is 3.35. The van der Waals surface area contributed by atoms with Crippen LogP contribution in [0.25, 0.3) is 5.65 Å². The number of rotatable bonds is 3. The number of aromatic amines is 1. The minimum absolute atomic E-state index is 0.0525. The topological polar surface area (TPSA) is 106 Å². The van der Waals surface area contributed by atoms with Crippen LogP contribution in [0.4, 0.5) is 0 Å². The Bertz CT molecular complexity index is 657. The zero-order valence-electron chi connectivity index (χ0n) is 9.76. The van der Waals surface area contributed by atoms with Gasteiger partial charge in [0.15, 0.2) is 5.65 Å². The molecule has 0 saturated carbocycles. The summed E-state index contributed by atoms with van der Waals surface area (Å²) in [6.45, 7) is 1.86. The van der Waals surface area contributed by atoms with Gasteiger partial charge in [-0.15, -0.1) is 0 Å². The number of methoxy groups -OCH3 is 1. The van der Waals surface area contributed by atoms with Crippen LogP contribution < -0.4 is 10.3 Å². The lowest BCUT2D eigenvalue weighted by atomic mass is 10.3. The Kier molecular flexibility index (Phi) is 2.92. The summed E-state index contributed by atoms with van der Waals surface area (Å²) in [4.78, 5) is 25.6. The van der Waals surface area contributed by atoms with Crippen molar-refractivity contribution in [1.29, 1.82) is 0 Å². The van der Waals surface area contributed by atoms with Gasteiger partial charge < -0.3 is 19.6 Å². The van der Waals surface area contributed by atoms with Crippen molar-refractivity contribution >= 4 is 11.6 Å². The van der Waals surface area contributed by atoms with Gasteiger partial charge in [0.05, 0.1) is 19.9 Å². The molecule has 0 aliphatic heterocycles. The number of aromatic nitrogens is 3. The van der Waals surface area contributed by atoms with Crippen molar-refractivity contribution in [2.24, 2.45) is 0 Å². The van der Waals surface area contributed by atoms with E-state index >= 15 is 0 Å². The summed E-state index contributed by atoms with van der Waals surface area (Å²) in [5.74, 6) is -1.39. The summed E-state index contributed by atoms with van der Waals surface area (Å²) < 4.78 is 10.5. The molecular formula is C10H11N3O5. The van der Waals surface area contributed by atoms with Crippen LogP contribution in [0.1, 0.15) is 17.3 Å². The Balaban J connectivity index is 2.68. The molecule has 0 fully saturated rings. The number of esters is 1. The number of aromatic hydroxyl groups is 1. The lowest BCUT2D eigenvalue weighted by Gasteiger charge is -2.04. The van der Waals surface area contributed by atoms with E-state index in [9.17, 15) is 14.7 Å². The molecular weight excluding hydrogens is 242 g/mol. The average Bonchev–Trinajstić information content (AvgIpc) is 2.73. The van der Waals surface area contributed by atoms with Gasteiger partial charge in [0.25, 0.3) is 11.4 Å². The van der Waals surface area contributed by atoms with Gasteiger partial charge in [0.2, 0.25) is 5.75 Å². The molecule has 2 aromatic rings. The van der Waals surface area contributed by atoms with Gasteiger partial charge in [-0.25, -0.2) is 4.79 Å². The molecule has 2 rings (SSSR count). The molecule has 0 atom stereocenters. The number of H-pyrrole nitrogens is 1. The van der Waals surface area contributed by atoms with E-state index in [0.717, 1.165) is 4.52 Å². The van der Waals surface area contributed by atoms with E-state index in [1.165, 1.54) is 13.3 Å². The highest BCUT2D eigenvalue weighted by atomic mass is 16.5. The van der Waals surface area contributed by atoms with Gasteiger partial charge in [0, 0.05) is 0 Å². The largest absolute Gasteiger partial charge is 0.490 e. The Morgan fingerprint density at radius 3 is 2.94 bits per heavy atom. The number of fused-ring (bicyclic) bond motifs is 1. The first-order valence-electron chi connectivity index (χ1n) is 5.14. The molecule has 0 aliphatic rings. The van der Waals surface area contributed by atoms with E-state index in [-0.39, 0.29) is 23.6 Å². The number of carbonyl (C=O) groups is 1. The van der Waals surface area contributed by atoms with E-state index in [1.807, 2.05) is 0 Å². The van der Waals surface area contributed by atoms with E-state index < -0.39 is 17.4 Å². The van der Waals surface area contributed by atoms with Gasteiger partial charge >= 0.3 is 5.97 Å². The highest BCUT2D eigenvalue weighted by Crippen LogP contribution is 2.22. The first kappa shape index (κ1) is 12.0. The second-order valence-corrected chi connectivity index (χ2v) is 3.35. The van der Waals surface area contributed by atoms with Gasteiger partial charge in [-0.3, -0.25) is 4.79 Å². The second kappa shape index (κ2) is 4.40. The molecule has 0 radical (unpaired) electrons. The van der Waals surface area contributed by atoms with Gasteiger partial charge in [-0.2, -0.15) is 9.61 Å². The third-order valence-corrected chi connectivity index (χ3v) is 2.31. The molecule has 0 aliphatic carbocycles. The quantitative estimate of drug-likeness (QED) is 0.741. The molecule has 0 spiro atoms. The summed E-state index contributed by atoms with van der Waals surface area (Å²) in [7, 11) is 1.24. The monoisotopic (exact) mass is 253 g/mol. The fraction of sp³-hybridized carbons (Fsp3) is 0.300. The van der Waals surface area contributed by atoms with Crippen molar-refractivity contribution in [3.8, 4) is 11.6 Å². The first-order chi connectivity index (χ1) is 8.60. The third kappa shape index (κ3) is 1.67. The molecule has 0 amide bonds. The maximum absolute atomic E-state index is 11.6. The van der Waals surface area contributed by atoms with Crippen molar-refractivity contribution in [1.82, 2.24) is 14.6 Å². The SMILES string of the molecule is CCOC(=O)c1cnn2c(O)c(OC)c(=O)[nH]c12. The molecule has 0 saturated heterocycles. The maximum Gasteiger partial charge on any atom is 0.343 e. The molecule has 0 unspecified atom stereocenters. The van der Waals surface area contributed by atoms with Gasteiger partial charge in [0.1, 0.15) is 5.56 Å². The average molecular weight is 253 g/mol. The Morgan fingerprint density at radius 2 is 2.33 bits per heavy atom. The number of nitrogens with one attached hydrogen (secondary N) is 1. The van der Waals surface area contributed by atoms with Crippen LogP contribution in [0, 0.1) is 0 Å². The summed E-state index contributed by atoms with van der Waals surface area (Å²) in [5, 5.41) is 13.5. The van der Waals surface area contributed by atoms with Crippen LogP contribution in [0.15, 0.2) is 11.0 Å². The van der Waals surface area contributed by atoms with Crippen LogP contribution in [0.5, 0.6) is 11.6 Å². The fourth-order valence-corrected chi connectivity index (χ4v) is 1.53. The molecule has 0 aromatic carbocycles. The van der Waals surface area contributed by atoms with Crippen molar-refractivity contribution in [3.63, 3.8) is 0 Å². The minimum Gasteiger partial charge on any atom is -0.490 e. The molecule has 2 aromatic heterocycles. The molecule has 8 nitrogen and oxygen atoms in total. The van der Waals surface area contributed by atoms with E-state index in [0.29, 0.717) is 0 Å². The molecule has 2 heterocycles. The van der Waals surface area contributed by atoms with Crippen LogP contribution in [-0.2, 0) is 4.74 Å². The third-order valence-electron chi connectivity index (χ3n) is 2.31. The summed E-state index contributed by atoms with van der Waals surface area (Å²) in [6.07, 6.45) is 1.20. The van der Waals surface area contributed by atoms with Crippen molar-refractivity contribution in [3.05, 3.63) is 22.1 Å². The molecule has 96 valence electrons. The van der Waals surface area contributed by atoms with E-state index in [1.54, 1.807) is 6.92 Å². The van der Waals surface area contributed by atoms with E-state index in [4.69, 9.17) is 9.47 Å². The van der Waals surface area contributed by atoms with Crippen LogP contribution in [-0.4, -0.2) is 39.4 Å². The number of nitrogens with zero attached hydrogens (tertiary/aromatic N) is 2. The van der Waals surface area contributed by atoms with Crippen molar-refractivity contribution < 1.29 is 19.4 Å². The highest BCUT2D eigenvalue weighted by molar-refractivity contribution is 5.95. The van der Waals surface area contributed by atoms with Crippen molar-refractivity contribution in [2.45, 2.75) is 6.92 Å². The molecule has 0 bridgehead atoms. The molecule has 2 N–H and O–H groups in total. The minimum atomic E-state index is -0.659. The summed E-state index contributed by atoms with van der Waals surface area (Å²) in [5.41, 5.74) is -0.544. The Hall–Kier alpha value is -2.51. The predicted molar refractivity (Wildman–Crippen MR) is 60.0 cm³/mol. The lowest BCUT2D eigenvalue weighted by Crippen LogP contribution is -2.14. The Morgan fingerprint density at radius 1 is 1.61 bits per heavy atom. The fourth-order valence-electron chi connectivity index (χ4n) is 1.53. The van der Waals surface area contributed by atoms with Crippen molar-refractivity contribution in [2.75, 3.05) is 13.7 Å². The number of hydrogen-bond acceptors (Lipinski definition) is 6. The highest BCUT2D eigenvalue weighted by Gasteiger charge is 2.20.